The van der Waals surface area contributed by atoms with E-state index in [2.05, 4.69) is 37.2 Å². The quantitative estimate of drug-likeness (QED) is 0.412. The molecule has 0 radical (unpaired) electrons. The van der Waals surface area contributed by atoms with Crippen LogP contribution in [0.2, 0.25) is 0 Å². The summed E-state index contributed by atoms with van der Waals surface area (Å²) >= 11 is 0. The van der Waals surface area contributed by atoms with Gasteiger partial charge in [0.25, 0.3) is 0 Å². The standard InChI is InChI=1S/C13H18O/c1-5-6-7-8-9-10-11-13(4,14)12(2)3/h14H,2,5-7H2,1,3-4H3. The molecule has 0 fully saturated rings. The molecule has 0 saturated carbocycles. The summed E-state index contributed by atoms with van der Waals surface area (Å²) in [4.78, 5) is 0. The fourth-order valence-electron chi connectivity index (χ4n) is 0.632. The average Bonchev–Trinajstić information content (AvgIpc) is 2.10. The number of aliphatic hydroxyl groups is 1. The molecule has 0 aliphatic carbocycles. The Kier molecular flexibility index (Phi) is 5.77. The molecule has 0 aromatic rings. The molecule has 0 aromatic heterocycles. The number of hydrogen-bond acceptors (Lipinski definition) is 1. The van der Waals surface area contributed by atoms with E-state index in [4.69, 9.17) is 0 Å². The van der Waals surface area contributed by atoms with Gasteiger partial charge >= 0.3 is 0 Å². The van der Waals surface area contributed by atoms with Gasteiger partial charge in [0, 0.05) is 6.42 Å². The zero-order valence-electron chi connectivity index (χ0n) is 9.28. The van der Waals surface area contributed by atoms with E-state index < -0.39 is 5.60 Å². The first-order valence-electron chi connectivity index (χ1n) is 4.89. The molecule has 76 valence electrons. The molecule has 0 rings (SSSR count). The van der Waals surface area contributed by atoms with Gasteiger partial charge in [0.2, 0.25) is 0 Å². The van der Waals surface area contributed by atoms with Crippen molar-refractivity contribution >= 4 is 0 Å². The lowest BCUT2D eigenvalue weighted by molar-refractivity contribution is 0.162. The second kappa shape index (κ2) is 6.30. The normalized spacial score (nSPS) is 12.9. The highest BCUT2D eigenvalue weighted by Crippen LogP contribution is 2.11. The van der Waals surface area contributed by atoms with Gasteiger partial charge in [0.05, 0.1) is 0 Å². The number of hydrogen-bond donors (Lipinski definition) is 1. The van der Waals surface area contributed by atoms with Gasteiger partial charge in [-0.2, -0.15) is 0 Å². The molecule has 1 nitrogen and oxygen atoms in total. The van der Waals surface area contributed by atoms with Crippen LogP contribution in [0.1, 0.15) is 40.0 Å². The Balaban J connectivity index is 4.15. The van der Waals surface area contributed by atoms with Crippen LogP contribution in [0.15, 0.2) is 12.2 Å². The number of unbranched alkanes of at least 4 members (excludes halogenated alkanes) is 2. The van der Waals surface area contributed by atoms with Crippen molar-refractivity contribution in [1.29, 1.82) is 0 Å². The molecule has 1 atom stereocenters. The minimum Gasteiger partial charge on any atom is -0.374 e. The molecule has 1 N–H and O–H groups in total. The van der Waals surface area contributed by atoms with Gasteiger partial charge in [0.15, 0.2) is 0 Å². The summed E-state index contributed by atoms with van der Waals surface area (Å²) in [5.74, 6) is 11.0. The van der Waals surface area contributed by atoms with Crippen LogP contribution in [0, 0.1) is 23.7 Å². The Labute approximate surface area is 87.2 Å². The van der Waals surface area contributed by atoms with E-state index in [1.165, 1.54) is 0 Å². The maximum absolute atomic E-state index is 9.65. The fraction of sp³-hybridized carbons (Fsp3) is 0.538. The minimum absolute atomic E-state index is 0.639. The first kappa shape index (κ1) is 12.8. The molecular weight excluding hydrogens is 172 g/mol. The second-order valence-corrected chi connectivity index (χ2v) is 3.51. The zero-order valence-corrected chi connectivity index (χ0v) is 9.28. The summed E-state index contributed by atoms with van der Waals surface area (Å²) in [6.45, 7) is 9.15. The van der Waals surface area contributed by atoms with Gasteiger partial charge in [-0.1, -0.05) is 25.8 Å². The Morgan fingerprint density at radius 1 is 1.43 bits per heavy atom. The monoisotopic (exact) mass is 190 g/mol. The van der Waals surface area contributed by atoms with Crippen LogP contribution in [0.4, 0.5) is 0 Å². The fourth-order valence-corrected chi connectivity index (χ4v) is 0.632. The highest BCUT2D eigenvalue weighted by molar-refractivity contribution is 5.34. The summed E-state index contributed by atoms with van der Waals surface area (Å²) in [6, 6.07) is 0. The molecule has 1 unspecified atom stereocenters. The summed E-state index contributed by atoms with van der Waals surface area (Å²) in [7, 11) is 0. The van der Waals surface area contributed by atoms with Gasteiger partial charge in [-0.15, -0.1) is 0 Å². The van der Waals surface area contributed by atoms with E-state index in [1.54, 1.807) is 13.8 Å². The topological polar surface area (TPSA) is 20.2 Å². The number of rotatable bonds is 3. The smallest absolute Gasteiger partial charge is 0.144 e. The molecule has 0 saturated heterocycles. The summed E-state index contributed by atoms with van der Waals surface area (Å²) in [5, 5.41) is 9.65. The van der Waals surface area contributed by atoms with Crippen molar-refractivity contribution in [1.82, 2.24) is 0 Å². The Bertz CT molecular complexity index is 302. The van der Waals surface area contributed by atoms with Crippen molar-refractivity contribution in [2.24, 2.45) is 0 Å². The second-order valence-electron chi connectivity index (χ2n) is 3.51. The van der Waals surface area contributed by atoms with Crippen LogP contribution in [-0.4, -0.2) is 10.7 Å². The maximum atomic E-state index is 9.65. The van der Waals surface area contributed by atoms with Gasteiger partial charge in [0.1, 0.15) is 5.60 Å². The first-order valence-corrected chi connectivity index (χ1v) is 4.89. The van der Waals surface area contributed by atoms with Crippen LogP contribution in [0.25, 0.3) is 0 Å². The van der Waals surface area contributed by atoms with Crippen molar-refractivity contribution in [2.75, 3.05) is 0 Å². The van der Waals surface area contributed by atoms with Crippen LogP contribution >= 0.6 is 0 Å². The van der Waals surface area contributed by atoms with Crippen molar-refractivity contribution in [3.8, 4) is 23.7 Å². The van der Waals surface area contributed by atoms with Gasteiger partial charge in [-0.05, 0) is 43.6 Å². The molecule has 0 spiro atoms. The first-order chi connectivity index (χ1) is 6.50. The van der Waals surface area contributed by atoms with E-state index in [0.29, 0.717) is 5.57 Å². The Hall–Kier alpha value is -1.18. The summed E-state index contributed by atoms with van der Waals surface area (Å²) in [6.07, 6.45) is 3.12. The van der Waals surface area contributed by atoms with E-state index in [0.717, 1.165) is 19.3 Å². The molecule has 0 heterocycles. The Morgan fingerprint density at radius 3 is 2.57 bits per heavy atom. The lowest BCUT2D eigenvalue weighted by Gasteiger charge is -2.14. The highest BCUT2D eigenvalue weighted by Gasteiger charge is 2.16. The van der Waals surface area contributed by atoms with Crippen LogP contribution in [0.3, 0.4) is 0 Å². The molecule has 0 aliphatic heterocycles. The van der Waals surface area contributed by atoms with Crippen LogP contribution in [0.5, 0.6) is 0 Å². The summed E-state index contributed by atoms with van der Waals surface area (Å²) in [5.41, 5.74) is -0.472. The van der Waals surface area contributed by atoms with E-state index in [9.17, 15) is 5.11 Å². The van der Waals surface area contributed by atoms with Gasteiger partial charge in [-0.25, -0.2) is 0 Å². The van der Waals surface area contributed by atoms with E-state index in [-0.39, 0.29) is 0 Å². The highest BCUT2D eigenvalue weighted by atomic mass is 16.3. The Morgan fingerprint density at radius 2 is 2.07 bits per heavy atom. The third kappa shape index (κ3) is 5.46. The average molecular weight is 190 g/mol. The van der Waals surface area contributed by atoms with Gasteiger partial charge < -0.3 is 5.11 Å². The van der Waals surface area contributed by atoms with E-state index in [1.807, 2.05) is 0 Å². The van der Waals surface area contributed by atoms with Crippen molar-refractivity contribution < 1.29 is 5.11 Å². The molecule has 0 bridgehead atoms. The largest absolute Gasteiger partial charge is 0.374 e. The zero-order chi connectivity index (χ0) is 11.0. The maximum Gasteiger partial charge on any atom is 0.144 e. The van der Waals surface area contributed by atoms with Gasteiger partial charge in [-0.3, -0.25) is 0 Å². The molecule has 0 aromatic carbocycles. The predicted molar refractivity (Wildman–Crippen MR) is 60.5 cm³/mol. The SMILES string of the molecule is C=C(C)C(C)(O)C#CC#CCCCC. The third-order valence-electron chi connectivity index (χ3n) is 1.94. The van der Waals surface area contributed by atoms with Crippen molar-refractivity contribution in [2.45, 2.75) is 45.6 Å². The van der Waals surface area contributed by atoms with Crippen molar-refractivity contribution in [3.63, 3.8) is 0 Å². The van der Waals surface area contributed by atoms with Crippen molar-refractivity contribution in [3.05, 3.63) is 12.2 Å². The summed E-state index contributed by atoms with van der Waals surface area (Å²) < 4.78 is 0. The van der Waals surface area contributed by atoms with Crippen LogP contribution in [-0.2, 0) is 0 Å². The molecule has 1 heteroatoms. The third-order valence-corrected chi connectivity index (χ3v) is 1.94. The minimum atomic E-state index is -1.11. The molecular formula is C13H18O. The molecule has 0 aliphatic rings. The van der Waals surface area contributed by atoms with E-state index >= 15 is 0 Å². The lowest BCUT2D eigenvalue weighted by atomic mass is 10.00. The predicted octanol–water partition coefficient (Wildman–Crippen LogP) is 2.51. The van der Waals surface area contributed by atoms with Crippen LogP contribution < -0.4 is 0 Å². The lowest BCUT2D eigenvalue weighted by Crippen LogP contribution is -2.22. The molecule has 14 heavy (non-hydrogen) atoms. The molecule has 0 amide bonds.